The molecule has 2 nitrogen and oxygen atoms in total. The van der Waals surface area contributed by atoms with Crippen molar-refractivity contribution in [3.63, 3.8) is 0 Å². The molecule has 0 bridgehead atoms. The largest absolute Gasteiger partial charge is 0.265 e. The first kappa shape index (κ1) is 12.2. The Balaban J connectivity index is 2.22. The summed E-state index contributed by atoms with van der Waals surface area (Å²) in [5.41, 5.74) is 3.68. The van der Waals surface area contributed by atoms with E-state index in [1.807, 2.05) is 12.1 Å². The van der Waals surface area contributed by atoms with Crippen LogP contribution in [0.15, 0.2) is 30.3 Å². The van der Waals surface area contributed by atoms with Crippen molar-refractivity contribution >= 4 is 11.6 Å². The van der Waals surface area contributed by atoms with Crippen LogP contribution in [-0.4, -0.2) is 9.78 Å². The zero-order valence-corrected chi connectivity index (χ0v) is 11.0. The lowest BCUT2D eigenvalue weighted by Crippen LogP contribution is -2.05. The monoisotopic (exact) mass is 248 g/mol. The van der Waals surface area contributed by atoms with E-state index in [2.05, 4.69) is 41.8 Å². The number of halogens is 1. The van der Waals surface area contributed by atoms with Gasteiger partial charge < -0.3 is 0 Å². The molecule has 1 heterocycles. The van der Waals surface area contributed by atoms with E-state index in [1.54, 1.807) is 0 Å². The van der Waals surface area contributed by atoms with Gasteiger partial charge in [-0.25, -0.2) is 0 Å². The number of benzene rings is 1. The zero-order chi connectivity index (χ0) is 12.3. The summed E-state index contributed by atoms with van der Waals surface area (Å²) < 4.78 is 2.09. The summed E-state index contributed by atoms with van der Waals surface area (Å²) in [7, 11) is 0. The van der Waals surface area contributed by atoms with Crippen molar-refractivity contribution in [3.8, 4) is 0 Å². The van der Waals surface area contributed by atoms with Gasteiger partial charge in [-0.1, -0.05) is 37.6 Å². The second kappa shape index (κ2) is 5.37. The Kier molecular flexibility index (Phi) is 3.85. The molecule has 0 aliphatic heterocycles. The van der Waals surface area contributed by atoms with Crippen LogP contribution in [0, 0.1) is 0 Å². The van der Waals surface area contributed by atoms with E-state index in [0.717, 1.165) is 30.1 Å². The third kappa shape index (κ3) is 2.89. The number of rotatable bonds is 4. The van der Waals surface area contributed by atoms with Gasteiger partial charge in [0.2, 0.25) is 0 Å². The van der Waals surface area contributed by atoms with E-state index in [-0.39, 0.29) is 0 Å². The van der Waals surface area contributed by atoms with Crippen LogP contribution >= 0.6 is 11.6 Å². The van der Waals surface area contributed by atoms with E-state index in [0.29, 0.717) is 0 Å². The fraction of sp³-hybridized carbons (Fsp3) is 0.357. The fourth-order valence-electron chi connectivity index (χ4n) is 1.87. The molecule has 2 aromatic rings. The minimum absolute atomic E-state index is 0.777. The van der Waals surface area contributed by atoms with Crippen LogP contribution in [0.4, 0.5) is 0 Å². The molecule has 90 valence electrons. The average molecular weight is 249 g/mol. The molecule has 0 amide bonds. The summed E-state index contributed by atoms with van der Waals surface area (Å²) in [5, 5.41) is 5.38. The molecular weight excluding hydrogens is 232 g/mol. The second-order valence-electron chi connectivity index (χ2n) is 4.12. The lowest BCUT2D eigenvalue weighted by Gasteiger charge is -2.06. The first-order valence-corrected chi connectivity index (χ1v) is 6.40. The maximum atomic E-state index is 5.88. The molecule has 0 saturated heterocycles. The Morgan fingerprint density at radius 2 is 1.82 bits per heavy atom. The first-order chi connectivity index (χ1) is 8.22. The van der Waals surface area contributed by atoms with Crippen LogP contribution in [0.25, 0.3) is 0 Å². The summed E-state index contributed by atoms with van der Waals surface area (Å²) in [6.07, 6.45) is 2.00. The Bertz CT molecular complexity index is 485. The summed E-state index contributed by atoms with van der Waals surface area (Å²) in [6.45, 7) is 5.11. The molecule has 0 atom stereocenters. The number of nitrogens with zero attached hydrogens (tertiary/aromatic N) is 2. The molecule has 0 aliphatic rings. The quantitative estimate of drug-likeness (QED) is 0.807. The van der Waals surface area contributed by atoms with Gasteiger partial charge >= 0.3 is 0 Å². The van der Waals surface area contributed by atoms with Crippen molar-refractivity contribution in [2.24, 2.45) is 0 Å². The van der Waals surface area contributed by atoms with Gasteiger partial charge in [-0.15, -0.1) is 0 Å². The molecule has 0 radical (unpaired) electrons. The Morgan fingerprint density at radius 1 is 1.12 bits per heavy atom. The van der Waals surface area contributed by atoms with Crippen LogP contribution in [0.1, 0.15) is 30.8 Å². The molecule has 0 unspecified atom stereocenters. The van der Waals surface area contributed by atoms with Gasteiger partial charge in [0.1, 0.15) is 0 Å². The van der Waals surface area contributed by atoms with Crippen LogP contribution in [-0.2, 0) is 19.4 Å². The summed E-state index contributed by atoms with van der Waals surface area (Å²) >= 11 is 5.88. The van der Waals surface area contributed by atoms with Crippen LogP contribution in [0.5, 0.6) is 0 Å². The van der Waals surface area contributed by atoms with E-state index in [1.165, 1.54) is 11.3 Å². The molecule has 3 heteroatoms. The fourth-order valence-corrected chi connectivity index (χ4v) is 2.00. The lowest BCUT2D eigenvalue weighted by molar-refractivity contribution is 0.640. The summed E-state index contributed by atoms with van der Waals surface area (Å²) in [6, 6.07) is 10.1. The highest BCUT2D eigenvalue weighted by Crippen LogP contribution is 2.13. The van der Waals surface area contributed by atoms with Crippen LogP contribution in [0.2, 0.25) is 5.02 Å². The maximum Gasteiger partial charge on any atom is 0.0662 e. The van der Waals surface area contributed by atoms with Crippen molar-refractivity contribution in [2.75, 3.05) is 0 Å². The van der Waals surface area contributed by atoms with Crippen molar-refractivity contribution in [1.82, 2.24) is 9.78 Å². The van der Waals surface area contributed by atoms with E-state index >= 15 is 0 Å². The summed E-state index contributed by atoms with van der Waals surface area (Å²) in [4.78, 5) is 0. The minimum Gasteiger partial charge on any atom is -0.265 e. The molecular formula is C14H17ClN2. The van der Waals surface area contributed by atoms with Crippen molar-refractivity contribution in [1.29, 1.82) is 0 Å². The number of hydrogen-bond donors (Lipinski definition) is 0. The third-order valence-corrected chi connectivity index (χ3v) is 3.14. The first-order valence-electron chi connectivity index (χ1n) is 6.03. The standard InChI is InChI=1S/C14H17ClN2/c1-3-13-9-14(4-2)17(16-13)10-11-5-7-12(15)8-6-11/h5-9H,3-4,10H2,1-2H3. The molecule has 1 aromatic carbocycles. The molecule has 0 aliphatic carbocycles. The Hall–Kier alpha value is -1.28. The van der Waals surface area contributed by atoms with Crippen molar-refractivity contribution in [3.05, 3.63) is 52.3 Å². The molecule has 0 saturated carbocycles. The number of aryl methyl sites for hydroxylation is 2. The number of hydrogen-bond acceptors (Lipinski definition) is 1. The van der Waals surface area contributed by atoms with E-state index in [4.69, 9.17) is 11.6 Å². The molecule has 0 fully saturated rings. The smallest absolute Gasteiger partial charge is 0.0662 e. The van der Waals surface area contributed by atoms with E-state index < -0.39 is 0 Å². The molecule has 1 aromatic heterocycles. The SMILES string of the molecule is CCc1cc(CC)n(Cc2ccc(Cl)cc2)n1. The topological polar surface area (TPSA) is 17.8 Å². The zero-order valence-electron chi connectivity index (χ0n) is 10.3. The third-order valence-electron chi connectivity index (χ3n) is 2.88. The second-order valence-corrected chi connectivity index (χ2v) is 4.55. The Labute approximate surface area is 107 Å². The molecule has 2 rings (SSSR count). The predicted octanol–water partition coefficient (Wildman–Crippen LogP) is 3.71. The average Bonchev–Trinajstić information content (AvgIpc) is 2.74. The van der Waals surface area contributed by atoms with Gasteiger partial charge in [0.05, 0.1) is 12.2 Å². The van der Waals surface area contributed by atoms with Crippen molar-refractivity contribution < 1.29 is 0 Å². The predicted molar refractivity (Wildman–Crippen MR) is 71.5 cm³/mol. The van der Waals surface area contributed by atoms with Gasteiger partial charge in [0.25, 0.3) is 0 Å². The van der Waals surface area contributed by atoms with E-state index in [9.17, 15) is 0 Å². The minimum atomic E-state index is 0.777. The highest BCUT2D eigenvalue weighted by molar-refractivity contribution is 6.30. The van der Waals surface area contributed by atoms with Crippen molar-refractivity contribution in [2.45, 2.75) is 33.2 Å². The van der Waals surface area contributed by atoms with Gasteiger partial charge in [-0.3, -0.25) is 4.68 Å². The van der Waals surface area contributed by atoms with Gasteiger partial charge in [-0.2, -0.15) is 5.10 Å². The lowest BCUT2D eigenvalue weighted by atomic mass is 10.2. The maximum absolute atomic E-state index is 5.88. The van der Waals surface area contributed by atoms with Gasteiger partial charge in [-0.05, 0) is 36.6 Å². The number of aromatic nitrogens is 2. The molecule has 0 N–H and O–H groups in total. The Morgan fingerprint density at radius 3 is 2.41 bits per heavy atom. The highest BCUT2D eigenvalue weighted by Gasteiger charge is 2.05. The normalized spacial score (nSPS) is 10.8. The highest BCUT2D eigenvalue weighted by atomic mass is 35.5. The van der Waals surface area contributed by atoms with Gasteiger partial charge in [0.15, 0.2) is 0 Å². The molecule has 0 spiro atoms. The molecule has 17 heavy (non-hydrogen) atoms. The van der Waals surface area contributed by atoms with Gasteiger partial charge in [0, 0.05) is 10.7 Å². The van der Waals surface area contributed by atoms with Crippen LogP contribution in [0.3, 0.4) is 0 Å². The van der Waals surface area contributed by atoms with Crippen LogP contribution < -0.4 is 0 Å². The summed E-state index contributed by atoms with van der Waals surface area (Å²) in [5.74, 6) is 0.